The van der Waals surface area contributed by atoms with E-state index in [1.165, 1.54) is 24.1 Å². The first-order chi connectivity index (χ1) is 9.36. The molecule has 1 heterocycles. The molecule has 108 valence electrons. The molecule has 0 aliphatic heterocycles. The molecule has 20 heavy (non-hydrogen) atoms. The van der Waals surface area contributed by atoms with Crippen LogP contribution in [-0.4, -0.2) is 41.6 Å². The number of nitrogens with zero attached hydrogens (tertiary/aromatic N) is 3. The van der Waals surface area contributed by atoms with Gasteiger partial charge in [-0.2, -0.15) is 0 Å². The first-order valence-electron chi connectivity index (χ1n) is 6.09. The molecule has 7 heteroatoms. The van der Waals surface area contributed by atoms with Crippen molar-refractivity contribution in [3.63, 3.8) is 0 Å². The Morgan fingerprint density at radius 1 is 1.50 bits per heavy atom. The summed E-state index contributed by atoms with van der Waals surface area (Å²) in [5.74, 6) is -0.394. The van der Waals surface area contributed by atoms with Crippen LogP contribution in [0.2, 0.25) is 0 Å². The number of hydrogen-bond donors (Lipinski definition) is 1. The maximum atomic E-state index is 13.7. The predicted octanol–water partition coefficient (Wildman–Crippen LogP) is 1.42. The van der Waals surface area contributed by atoms with E-state index in [4.69, 9.17) is 10.5 Å². The maximum absolute atomic E-state index is 13.7. The van der Waals surface area contributed by atoms with Gasteiger partial charge in [0.25, 0.3) is 0 Å². The fourth-order valence-electron chi connectivity index (χ4n) is 2.16. The first kappa shape index (κ1) is 14.1. The van der Waals surface area contributed by atoms with E-state index in [-0.39, 0.29) is 17.6 Å². The average molecular weight is 280 g/mol. The Kier molecular flexibility index (Phi) is 3.52. The smallest absolute Gasteiger partial charge is 0.244 e. The van der Waals surface area contributed by atoms with Crippen LogP contribution in [0.1, 0.15) is 13.0 Å². The van der Waals surface area contributed by atoms with Crippen molar-refractivity contribution in [2.75, 3.05) is 26.9 Å². The van der Waals surface area contributed by atoms with E-state index in [0.29, 0.717) is 11.0 Å². The summed E-state index contributed by atoms with van der Waals surface area (Å²) in [6.07, 6.45) is 0. The van der Waals surface area contributed by atoms with E-state index in [0.717, 1.165) is 0 Å². The number of anilines is 1. The van der Waals surface area contributed by atoms with Crippen molar-refractivity contribution in [1.82, 2.24) is 14.5 Å². The molecular weight excluding hydrogens is 263 g/mol. The minimum absolute atomic E-state index is 0.0863. The van der Waals surface area contributed by atoms with Crippen LogP contribution in [-0.2, 0) is 4.79 Å². The van der Waals surface area contributed by atoms with Crippen molar-refractivity contribution >= 4 is 22.9 Å². The van der Waals surface area contributed by atoms with Gasteiger partial charge in [-0.05, 0) is 6.92 Å². The molecule has 1 atom stereocenters. The number of methoxy groups -OCH3 is 1. The van der Waals surface area contributed by atoms with Crippen LogP contribution >= 0.6 is 0 Å². The highest BCUT2D eigenvalue weighted by atomic mass is 19.1. The fraction of sp³-hybridized carbons (Fsp3) is 0.385. The second-order valence-corrected chi connectivity index (χ2v) is 4.72. The zero-order valence-electron chi connectivity index (χ0n) is 11.8. The van der Waals surface area contributed by atoms with E-state index < -0.39 is 11.9 Å². The van der Waals surface area contributed by atoms with Gasteiger partial charge < -0.3 is 15.4 Å². The van der Waals surface area contributed by atoms with Gasteiger partial charge in [0.05, 0.1) is 18.1 Å². The number of amides is 1. The quantitative estimate of drug-likeness (QED) is 0.922. The standard InChI is InChI=1S/C13H17FN4O2/c1-7(12(19)17(2)3)18-10-6-11(20-4)8(14)5-9(10)16-13(18)15/h5-7H,1-4H3,(H2,15,16). The highest BCUT2D eigenvalue weighted by Crippen LogP contribution is 2.29. The van der Waals surface area contributed by atoms with Gasteiger partial charge in [0.2, 0.25) is 11.9 Å². The van der Waals surface area contributed by atoms with Gasteiger partial charge in [0.15, 0.2) is 11.6 Å². The van der Waals surface area contributed by atoms with Gasteiger partial charge in [0.1, 0.15) is 6.04 Å². The number of hydrogen-bond acceptors (Lipinski definition) is 4. The number of fused-ring (bicyclic) bond motifs is 1. The highest BCUT2D eigenvalue weighted by molar-refractivity contribution is 5.86. The molecule has 0 radical (unpaired) electrons. The molecular formula is C13H17FN4O2. The third kappa shape index (κ3) is 2.15. The van der Waals surface area contributed by atoms with Gasteiger partial charge in [0, 0.05) is 26.2 Å². The summed E-state index contributed by atoms with van der Waals surface area (Å²) in [5.41, 5.74) is 6.80. The molecule has 1 amide bonds. The Labute approximate surface area is 115 Å². The average Bonchev–Trinajstić information content (AvgIpc) is 2.70. The molecule has 0 fully saturated rings. The van der Waals surface area contributed by atoms with Crippen LogP contribution in [0.3, 0.4) is 0 Å². The number of aromatic nitrogens is 2. The molecule has 0 aliphatic rings. The van der Waals surface area contributed by atoms with Gasteiger partial charge in [-0.3, -0.25) is 9.36 Å². The van der Waals surface area contributed by atoms with Crippen molar-refractivity contribution in [2.45, 2.75) is 13.0 Å². The topological polar surface area (TPSA) is 73.4 Å². The summed E-state index contributed by atoms with van der Waals surface area (Å²) in [6, 6.07) is 2.20. The van der Waals surface area contributed by atoms with Gasteiger partial charge >= 0.3 is 0 Å². The molecule has 2 N–H and O–H groups in total. The van der Waals surface area contributed by atoms with Gasteiger partial charge in [-0.15, -0.1) is 0 Å². The zero-order valence-corrected chi connectivity index (χ0v) is 11.8. The Balaban J connectivity index is 2.63. The van der Waals surface area contributed by atoms with Crippen LogP contribution in [0.4, 0.5) is 10.3 Å². The molecule has 1 aromatic carbocycles. The summed E-state index contributed by atoms with van der Waals surface area (Å²) < 4.78 is 20.2. The number of halogens is 1. The van der Waals surface area contributed by atoms with Crippen LogP contribution in [0.15, 0.2) is 12.1 Å². The number of likely N-dealkylation sites (N-methyl/N-ethyl adjacent to an activating group) is 1. The largest absolute Gasteiger partial charge is 0.494 e. The summed E-state index contributed by atoms with van der Waals surface area (Å²) in [4.78, 5) is 17.6. The molecule has 0 saturated carbocycles. The molecule has 0 saturated heterocycles. The third-order valence-electron chi connectivity index (χ3n) is 3.18. The number of ether oxygens (including phenoxy) is 1. The van der Waals surface area contributed by atoms with Gasteiger partial charge in [-0.25, -0.2) is 9.37 Å². The SMILES string of the molecule is COc1cc2c(cc1F)nc(N)n2C(C)C(=O)N(C)C. The van der Waals surface area contributed by atoms with Crippen LogP contribution in [0, 0.1) is 5.82 Å². The predicted molar refractivity (Wildman–Crippen MR) is 74.1 cm³/mol. The molecule has 6 nitrogen and oxygen atoms in total. The zero-order chi connectivity index (χ0) is 15.0. The van der Waals surface area contributed by atoms with Crippen molar-refractivity contribution in [3.8, 4) is 5.75 Å². The minimum atomic E-state index is -0.537. The van der Waals surface area contributed by atoms with E-state index in [2.05, 4.69) is 4.98 Å². The molecule has 0 spiro atoms. The Hall–Kier alpha value is -2.31. The highest BCUT2D eigenvalue weighted by Gasteiger charge is 2.22. The number of nitrogen functional groups attached to an aromatic ring is 1. The van der Waals surface area contributed by atoms with Crippen LogP contribution in [0.5, 0.6) is 5.75 Å². The second kappa shape index (κ2) is 4.99. The lowest BCUT2D eigenvalue weighted by atomic mass is 10.2. The summed E-state index contributed by atoms with van der Waals surface area (Å²) in [5, 5.41) is 0. The van der Waals surface area contributed by atoms with E-state index >= 15 is 0 Å². The number of benzene rings is 1. The summed E-state index contributed by atoms with van der Waals surface area (Å²) >= 11 is 0. The molecule has 2 rings (SSSR count). The maximum Gasteiger partial charge on any atom is 0.244 e. The van der Waals surface area contributed by atoms with Gasteiger partial charge in [-0.1, -0.05) is 0 Å². The molecule has 1 aromatic heterocycles. The summed E-state index contributed by atoms with van der Waals surface area (Å²) in [6.45, 7) is 1.72. The third-order valence-corrected chi connectivity index (χ3v) is 3.18. The molecule has 0 aliphatic carbocycles. The van der Waals surface area contributed by atoms with Crippen LogP contribution < -0.4 is 10.5 Å². The number of nitrogens with two attached hydrogens (primary N) is 1. The molecule has 0 bridgehead atoms. The number of carbonyl (C=O) groups excluding carboxylic acids is 1. The lowest BCUT2D eigenvalue weighted by Crippen LogP contribution is -2.30. The monoisotopic (exact) mass is 280 g/mol. The first-order valence-corrected chi connectivity index (χ1v) is 6.09. The summed E-state index contributed by atoms with van der Waals surface area (Å²) in [7, 11) is 4.70. The van der Waals surface area contributed by atoms with E-state index in [1.54, 1.807) is 25.6 Å². The fourth-order valence-corrected chi connectivity index (χ4v) is 2.16. The Bertz CT molecular complexity index is 666. The Morgan fingerprint density at radius 3 is 2.70 bits per heavy atom. The Morgan fingerprint density at radius 2 is 2.15 bits per heavy atom. The van der Waals surface area contributed by atoms with E-state index in [9.17, 15) is 9.18 Å². The van der Waals surface area contributed by atoms with Crippen molar-refractivity contribution in [2.24, 2.45) is 0 Å². The van der Waals surface area contributed by atoms with E-state index in [1.807, 2.05) is 0 Å². The number of rotatable bonds is 3. The normalized spacial score (nSPS) is 12.4. The van der Waals surface area contributed by atoms with Crippen molar-refractivity contribution in [3.05, 3.63) is 17.9 Å². The molecule has 2 aromatic rings. The van der Waals surface area contributed by atoms with Crippen molar-refractivity contribution in [1.29, 1.82) is 0 Å². The minimum Gasteiger partial charge on any atom is -0.494 e. The number of imidazole rings is 1. The molecule has 1 unspecified atom stereocenters. The second-order valence-electron chi connectivity index (χ2n) is 4.72. The lowest BCUT2D eigenvalue weighted by Gasteiger charge is -2.19. The van der Waals surface area contributed by atoms with Crippen molar-refractivity contribution < 1.29 is 13.9 Å². The van der Waals surface area contributed by atoms with Crippen LogP contribution in [0.25, 0.3) is 11.0 Å². The number of carbonyl (C=O) groups is 1. The lowest BCUT2D eigenvalue weighted by molar-refractivity contribution is -0.131.